The topological polar surface area (TPSA) is 92.9 Å². The largest absolute Gasteiger partial charge is 0.487 e. The highest BCUT2D eigenvalue weighted by Gasteiger charge is 2.27. The van der Waals surface area contributed by atoms with Crippen LogP contribution >= 0.6 is 0 Å². The van der Waals surface area contributed by atoms with Gasteiger partial charge in [-0.25, -0.2) is 0 Å². The molecule has 0 aliphatic rings. The number of nitro groups is 1. The van der Waals surface area contributed by atoms with Crippen molar-refractivity contribution in [2.24, 2.45) is 0 Å². The molecule has 7 nitrogen and oxygen atoms in total. The smallest absolute Gasteiger partial charge is 0.333 e. The first-order chi connectivity index (χ1) is 9.88. The van der Waals surface area contributed by atoms with Gasteiger partial charge < -0.3 is 14.7 Å². The standard InChI is InChI=1S/C14H20N2O5/c1-4-8-21-12-7-5-6-11(14(12)16(19)20)15(10(2)3)9-13(17)18/h5-7,10H,4,8-9H2,1-3H3,(H,17,18). The molecule has 0 bridgehead atoms. The fourth-order valence-corrected chi connectivity index (χ4v) is 1.95. The molecule has 1 rings (SSSR count). The molecule has 0 atom stereocenters. The van der Waals surface area contributed by atoms with Gasteiger partial charge in [0.15, 0.2) is 5.75 Å². The summed E-state index contributed by atoms with van der Waals surface area (Å²) in [5, 5.41) is 20.4. The molecule has 0 fully saturated rings. The maximum Gasteiger partial charge on any atom is 0.333 e. The molecule has 1 N–H and O–H groups in total. The molecule has 0 heterocycles. The average Bonchev–Trinajstić information content (AvgIpc) is 2.41. The lowest BCUT2D eigenvalue weighted by Crippen LogP contribution is -2.36. The first-order valence-electron chi connectivity index (χ1n) is 6.77. The number of hydrogen-bond acceptors (Lipinski definition) is 5. The number of rotatable bonds is 8. The third-order valence-corrected chi connectivity index (χ3v) is 2.86. The number of anilines is 1. The number of nitrogens with zero attached hydrogens (tertiary/aromatic N) is 2. The number of hydrogen-bond donors (Lipinski definition) is 1. The molecule has 0 radical (unpaired) electrons. The molecular weight excluding hydrogens is 276 g/mol. The normalized spacial score (nSPS) is 10.5. The Bertz CT molecular complexity index is 516. The first kappa shape index (κ1) is 16.7. The van der Waals surface area contributed by atoms with Crippen molar-refractivity contribution in [2.45, 2.75) is 33.2 Å². The second-order valence-corrected chi connectivity index (χ2v) is 4.84. The van der Waals surface area contributed by atoms with Gasteiger partial charge in [0.2, 0.25) is 0 Å². The van der Waals surface area contributed by atoms with Crippen LogP contribution in [-0.2, 0) is 4.79 Å². The van der Waals surface area contributed by atoms with Gasteiger partial charge in [0.1, 0.15) is 12.2 Å². The Labute approximate surface area is 123 Å². The monoisotopic (exact) mass is 296 g/mol. The van der Waals surface area contributed by atoms with Crippen LogP contribution in [0.4, 0.5) is 11.4 Å². The molecule has 0 aliphatic carbocycles. The molecule has 0 aromatic heterocycles. The van der Waals surface area contributed by atoms with Gasteiger partial charge in [-0.1, -0.05) is 13.0 Å². The number of para-hydroxylation sites is 1. The van der Waals surface area contributed by atoms with Crippen LogP contribution in [0.2, 0.25) is 0 Å². The molecule has 21 heavy (non-hydrogen) atoms. The molecule has 7 heteroatoms. The SMILES string of the molecule is CCCOc1cccc(N(CC(=O)O)C(C)C)c1[N+](=O)[O-]. The van der Waals surface area contributed by atoms with Gasteiger partial charge in [0, 0.05) is 6.04 Å². The molecule has 0 aliphatic heterocycles. The van der Waals surface area contributed by atoms with Crippen LogP contribution in [0.15, 0.2) is 18.2 Å². The van der Waals surface area contributed by atoms with Crippen molar-refractivity contribution in [1.82, 2.24) is 0 Å². The predicted molar refractivity (Wildman–Crippen MR) is 79.0 cm³/mol. The van der Waals surface area contributed by atoms with Gasteiger partial charge in [-0.05, 0) is 32.4 Å². The van der Waals surface area contributed by atoms with E-state index in [1.807, 2.05) is 6.92 Å². The Morgan fingerprint density at radius 2 is 2.14 bits per heavy atom. The lowest BCUT2D eigenvalue weighted by Gasteiger charge is -2.27. The molecular formula is C14H20N2O5. The van der Waals surface area contributed by atoms with Crippen molar-refractivity contribution in [3.8, 4) is 5.75 Å². The maximum atomic E-state index is 11.4. The van der Waals surface area contributed by atoms with E-state index in [2.05, 4.69) is 0 Å². The summed E-state index contributed by atoms with van der Waals surface area (Å²) in [5.74, 6) is -0.881. The van der Waals surface area contributed by atoms with Gasteiger partial charge in [0.25, 0.3) is 0 Å². The van der Waals surface area contributed by atoms with E-state index in [1.165, 1.54) is 11.0 Å². The molecule has 1 aromatic carbocycles. The summed E-state index contributed by atoms with van der Waals surface area (Å²) in [5.41, 5.74) is 0.0619. The Morgan fingerprint density at radius 1 is 1.48 bits per heavy atom. The summed E-state index contributed by atoms with van der Waals surface area (Å²) in [7, 11) is 0. The summed E-state index contributed by atoms with van der Waals surface area (Å²) in [6.45, 7) is 5.53. The van der Waals surface area contributed by atoms with Gasteiger partial charge >= 0.3 is 11.7 Å². The van der Waals surface area contributed by atoms with Gasteiger partial charge in [-0.15, -0.1) is 0 Å². The zero-order chi connectivity index (χ0) is 16.0. The predicted octanol–water partition coefficient (Wildman–Crippen LogP) is 2.68. The fourth-order valence-electron chi connectivity index (χ4n) is 1.95. The van der Waals surface area contributed by atoms with E-state index in [4.69, 9.17) is 9.84 Å². The summed E-state index contributed by atoms with van der Waals surface area (Å²) in [4.78, 5) is 23.3. The second kappa shape index (κ2) is 7.47. The minimum Gasteiger partial charge on any atom is -0.487 e. The van der Waals surface area contributed by atoms with Crippen molar-refractivity contribution < 1.29 is 19.6 Å². The number of ether oxygens (including phenoxy) is 1. The first-order valence-corrected chi connectivity index (χ1v) is 6.77. The van der Waals surface area contributed by atoms with E-state index < -0.39 is 10.9 Å². The lowest BCUT2D eigenvalue weighted by atomic mass is 10.2. The molecule has 0 amide bonds. The van der Waals surface area contributed by atoms with E-state index in [-0.39, 0.29) is 29.7 Å². The highest BCUT2D eigenvalue weighted by Crippen LogP contribution is 2.38. The number of nitro benzene ring substituents is 1. The zero-order valence-corrected chi connectivity index (χ0v) is 12.4. The Morgan fingerprint density at radius 3 is 2.62 bits per heavy atom. The van der Waals surface area contributed by atoms with Crippen molar-refractivity contribution >= 4 is 17.3 Å². The molecule has 0 spiro atoms. The summed E-state index contributed by atoms with van der Waals surface area (Å²) >= 11 is 0. The summed E-state index contributed by atoms with van der Waals surface area (Å²) in [6.07, 6.45) is 0.727. The number of carbonyl (C=O) groups is 1. The van der Waals surface area contributed by atoms with Gasteiger partial charge in [-0.3, -0.25) is 14.9 Å². The van der Waals surface area contributed by atoms with Gasteiger partial charge in [0.05, 0.1) is 11.5 Å². The van der Waals surface area contributed by atoms with Crippen LogP contribution in [-0.4, -0.2) is 35.2 Å². The number of aliphatic carboxylic acids is 1. The summed E-state index contributed by atoms with van der Waals surface area (Å²) < 4.78 is 5.41. The van der Waals surface area contributed by atoms with Crippen molar-refractivity contribution in [3.05, 3.63) is 28.3 Å². The summed E-state index contributed by atoms with van der Waals surface area (Å²) in [6, 6.07) is 4.50. The van der Waals surface area contributed by atoms with Gasteiger partial charge in [-0.2, -0.15) is 0 Å². The fraction of sp³-hybridized carbons (Fsp3) is 0.500. The Balaban J connectivity index is 3.31. The van der Waals surface area contributed by atoms with E-state index in [0.717, 1.165) is 6.42 Å². The third-order valence-electron chi connectivity index (χ3n) is 2.86. The van der Waals surface area contributed by atoms with E-state index in [9.17, 15) is 14.9 Å². The zero-order valence-electron chi connectivity index (χ0n) is 12.4. The highest BCUT2D eigenvalue weighted by atomic mass is 16.6. The van der Waals surface area contributed by atoms with E-state index in [0.29, 0.717) is 6.61 Å². The van der Waals surface area contributed by atoms with Crippen LogP contribution in [0.1, 0.15) is 27.2 Å². The molecule has 1 aromatic rings. The maximum absolute atomic E-state index is 11.4. The van der Waals surface area contributed by atoms with E-state index in [1.54, 1.807) is 26.0 Å². The quantitative estimate of drug-likeness (QED) is 0.585. The Hall–Kier alpha value is -2.31. The van der Waals surface area contributed by atoms with Crippen LogP contribution in [0, 0.1) is 10.1 Å². The number of benzene rings is 1. The van der Waals surface area contributed by atoms with Crippen LogP contribution in [0.5, 0.6) is 5.75 Å². The number of carboxylic acid groups (broad SMARTS) is 1. The number of carboxylic acids is 1. The molecule has 116 valence electrons. The van der Waals surface area contributed by atoms with Crippen molar-refractivity contribution in [3.63, 3.8) is 0 Å². The molecule has 0 saturated heterocycles. The van der Waals surface area contributed by atoms with Crippen LogP contribution < -0.4 is 9.64 Å². The lowest BCUT2D eigenvalue weighted by molar-refractivity contribution is -0.385. The van der Waals surface area contributed by atoms with E-state index >= 15 is 0 Å². The minimum absolute atomic E-state index is 0.162. The average molecular weight is 296 g/mol. The van der Waals surface area contributed by atoms with Crippen LogP contribution in [0.3, 0.4) is 0 Å². The third kappa shape index (κ3) is 4.34. The van der Waals surface area contributed by atoms with Crippen LogP contribution in [0.25, 0.3) is 0 Å². The molecule has 0 unspecified atom stereocenters. The van der Waals surface area contributed by atoms with Crippen molar-refractivity contribution in [1.29, 1.82) is 0 Å². The second-order valence-electron chi connectivity index (χ2n) is 4.84. The highest BCUT2D eigenvalue weighted by molar-refractivity contribution is 5.78. The minimum atomic E-state index is -1.04. The molecule has 0 saturated carbocycles. The van der Waals surface area contributed by atoms with Crippen molar-refractivity contribution in [2.75, 3.05) is 18.1 Å². The Kier molecular flexibility index (Phi) is 5.95.